The number of hydrogen-bond acceptors (Lipinski definition) is 4. The Balaban J connectivity index is 1.74. The summed E-state index contributed by atoms with van der Waals surface area (Å²) < 4.78 is 2.15. The summed E-state index contributed by atoms with van der Waals surface area (Å²) in [7, 11) is 2.06. The first-order valence-corrected chi connectivity index (χ1v) is 12.2. The quantitative estimate of drug-likeness (QED) is 0.377. The van der Waals surface area contributed by atoms with Gasteiger partial charge in [0.15, 0.2) is 0 Å². The van der Waals surface area contributed by atoms with Gasteiger partial charge in [-0.2, -0.15) is 0 Å². The molecule has 6 nitrogen and oxygen atoms in total. The number of aryl methyl sites for hydroxylation is 1. The number of carbonyl (C=O) groups is 1. The molecule has 0 bridgehead atoms. The number of amidine groups is 1. The Hall–Kier alpha value is -3.93. The summed E-state index contributed by atoms with van der Waals surface area (Å²) in [5, 5.41) is 10.2. The Kier molecular flexibility index (Phi) is 6.12. The van der Waals surface area contributed by atoms with Gasteiger partial charge >= 0.3 is 5.97 Å². The van der Waals surface area contributed by atoms with Crippen LogP contribution in [0.3, 0.4) is 0 Å². The smallest absolute Gasteiger partial charge is 0.336 e. The summed E-state index contributed by atoms with van der Waals surface area (Å²) in [6.45, 7) is 5.78. The number of rotatable bonds is 7. The number of nitrogens with zero attached hydrogens (tertiary/aromatic N) is 4. The molecule has 35 heavy (non-hydrogen) atoms. The van der Waals surface area contributed by atoms with Crippen molar-refractivity contribution in [3.63, 3.8) is 0 Å². The van der Waals surface area contributed by atoms with E-state index in [4.69, 9.17) is 4.98 Å². The average molecular weight is 467 g/mol. The zero-order chi connectivity index (χ0) is 24.5. The molecule has 1 aliphatic heterocycles. The molecule has 0 aliphatic carbocycles. The van der Waals surface area contributed by atoms with Crippen LogP contribution in [0.2, 0.25) is 0 Å². The number of hydrogen-bond donors (Lipinski definition) is 1. The zero-order valence-electron chi connectivity index (χ0n) is 20.5. The minimum atomic E-state index is -0.926. The molecule has 0 saturated heterocycles. The van der Waals surface area contributed by atoms with Crippen molar-refractivity contribution in [1.82, 2.24) is 14.5 Å². The molecule has 1 N–H and O–H groups in total. The monoisotopic (exact) mass is 466 g/mol. The molecule has 4 aromatic rings. The van der Waals surface area contributed by atoms with E-state index in [0.29, 0.717) is 5.56 Å². The van der Waals surface area contributed by atoms with E-state index in [2.05, 4.69) is 46.6 Å². The fraction of sp³-hybridized carbons (Fsp3) is 0.276. The van der Waals surface area contributed by atoms with E-state index in [1.54, 1.807) is 0 Å². The summed E-state index contributed by atoms with van der Waals surface area (Å²) in [5.74, 6) is 1.01. The first-order valence-electron chi connectivity index (χ1n) is 12.2. The fourth-order valence-corrected chi connectivity index (χ4v) is 4.96. The maximum Gasteiger partial charge on any atom is 0.336 e. The fourth-order valence-electron chi connectivity index (χ4n) is 4.96. The highest BCUT2D eigenvalue weighted by molar-refractivity contribution is 6.02. The first-order chi connectivity index (χ1) is 17.0. The molecule has 3 aromatic carbocycles. The van der Waals surface area contributed by atoms with Gasteiger partial charge in [0.25, 0.3) is 0 Å². The molecular formula is C29H30N4O2. The van der Waals surface area contributed by atoms with Crippen LogP contribution in [0.4, 0.5) is 0 Å². The lowest BCUT2D eigenvalue weighted by Crippen LogP contribution is -2.23. The second kappa shape index (κ2) is 9.37. The number of aromatic carboxylic acids is 1. The van der Waals surface area contributed by atoms with Gasteiger partial charge in [0, 0.05) is 25.6 Å². The summed E-state index contributed by atoms with van der Waals surface area (Å²) in [5.41, 5.74) is 6.47. The lowest BCUT2D eigenvalue weighted by Gasteiger charge is -2.18. The predicted octanol–water partition coefficient (Wildman–Crippen LogP) is 5.73. The van der Waals surface area contributed by atoms with Crippen molar-refractivity contribution in [2.45, 2.75) is 33.1 Å². The molecule has 0 radical (unpaired) electrons. The van der Waals surface area contributed by atoms with Gasteiger partial charge in [0.2, 0.25) is 0 Å². The SMILES string of the molecule is CCCCc1nc2ccc(C3=NCCN3C)cc2n1-c1ccc(-c2ccccc2)c(C(=O)O)c1C. The minimum absolute atomic E-state index is 0.327. The Morgan fingerprint density at radius 3 is 2.54 bits per heavy atom. The van der Waals surface area contributed by atoms with Crippen LogP contribution >= 0.6 is 0 Å². The Labute approximate surface area is 205 Å². The van der Waals surface area contributed by atoms with Gasteiger partial charge in [-0.05, 0) is 54.3 Å². The molecule has 0 unspecified atom stereocenters. The van der Waals surface area contributed by atoms with E-state index in [-0.39, 0.29) is 0 Å². The zero-order valence-corrected chi connectivity index (χ0v) is 20.5. The number of carboxylic acids is 1. The van der Waals surface area contributed by atoms with Gasteiger partial charge in [-0.1, -0.05) is 49.7 Å². The van der Waals surface area contributed by atoms with Crippen LogP contribution in [0.1, 0.15) is 47.1 Å². The highest BCUT2D eigenvalue weighted by atomic mass is 16.4. The van der Waals surface area contributed by atoms with Gasteiger partial charge in [-0.15, -0.1) is 0 Å². The van der Waals surface area contributed by atoms with Gasteiger partial charge in [0.05, 0.1) is 28.8 Å². The highest BCUT2D eigenvalue weighted by Crippen LogP contribution is 2.33. The lowest BCUT2D eigenvalue weighted by atomic mass is 9.94. The molecule has 0 saturated carbocycles. The lowest BCUT2D eigenvalue weighted by molar-refractivity contribution is 0.0697. The number of benzene rings is 3. The van der Waals surface area contributed by atoms with E-state index in [9.17, 15) is 9.90 Å². The van der Waals surface area contributed by atoms with Crippen molar-refractivity contribution in [3.05, 3.63) is 83.2 Å². The Morgan fingerprint density at radius 2 is 1.86 bits per heavy atom. The molecule has 0 spiro atoms. The molecule has 2 heterocycles. The van der Waals surface area contributed by atoms with Gasteiger partial charge in [-0.25, -0.2) is 9.78 Å². The summed E-state index contributed by atoms with van der Waals surface area (Å²) in [6.07, 6.45) is 2.89. The Morgan fingerprint density at radius 1 is 1.06 bits per heavy atom. The van der Waals surface area contributed by atoms with E-state index in [0.717, 1.165) is 83.0 Å². The van der Waals surface area contributed by atoms with Crippen LogP contribution in [-0.4, -0.2) is 51.5 Å². The first kappa shape index (κ1) is 22.8. The maximum absolute atomic E-state index is 12.5. The molecule has 178 valence electrons. The number of aliphatic imine (C=N–C) groups is 1. The number of likely N-dealkylation sites (N-methyl/N-ethyl adjacent to an activating group) is 1. The Bertz CT molecular complexity index is 1440. The third-order valence-corrected chi connectivity index (χ3v) is 6.77. The van der Waals surface area contributed by atoms with Gasteiger partial charge in [0.1, 0.15) is 11.7 Å². The van der Waals surface area contributed by atoms with Crippen LogP contribution in [0.15, 0.2) is 65.7 Å². The van der Waals surface area contributed by atoms with Crippen LogP contribution in [-0.2, 0) is 6.42 Å². The molecule has 6 heteroatoms. The summed E-state index contributed by atoms with van der Waals surface area (Å²) in [6, 6.07) is 19.9. The van der Waals surface area contributed by atoms with E-state index >= 15 is 0 Å². The molecule has 0 atom stereocenters. The largest absolute Gasteiger partial charge is 0.478 e. The third kappa shape index (κ3) is 4.09. The van der Waals surface area contributed by atoms with Crippen LogP contribution in [0, 0.1) is 6.92 Å². The van der Waals surface area contributed by atoms with Crippen LogP contribution in [0.25, 0.3) is 27.8 Å². The standard InChI is InChI=1S/C29H30N4O2/c1-4-5-11-26-31-23-14-12-21(28-30-16-17-32(28)3)18-25(23)33(26)24-15-13-22(20-9-7-6-8-10-20)27(19(24)2)29(34)35/h6-10,12-15,18H,4-5,11,16-17H2,1-3H3,(H,34,35). The number of aromatic nitrogens is 2. The van der Waals surface area contributed by atoms with E-state index in [1.807, 2.05) is 49.4 Å². The molecule has 0 amide bonds. The molecule has 0 fully saturated rings. The van der Waals surface area contributed by atoms with Gasteiger partial charge in [-0.3, -0.25) is 9.56 Å². The topological polar surface area (TPSA) is 70.7 Å². The van der Waals surface area contributed by atoms with Crippen molar-refractivity contribution in [2.75, 3.05) is 20.1 Å². The third-order valence-electron chi connectivity index (χ3n) is 6.77. The van der Waals surface area contributed by atoms with Crippen molar-refractivity contribution < 1.29 is 9.90 Å². The second-order valence-corrected chi connectivity index (χ2v) is 9.10. The van der Waals surface area contributed by atoms with E-state index in [1.165, 1.54) is 0 Å². The van der Waals surface area contributed by atoms with Gasteiger partial charge < -0.3 is 10.0 Å². The average Bonchev–Trinajstić information content (AvgIpc) is 3.45. The number of unbranched alkanes of at least 4 members (excludes halogenated alkanes) is 1. The van der Waals surface area contributed by atoms with Crippen molar-refractivity contribution >= 4 is 22.8 Å². The molecule has 1 aromatic heterocycles. The maximum atomic E-state index is 12.5. The second-order valence-electron chi connectivity index (χ2n) is 9.10. The summed E-state index contributed by atoms with van der Waals surface area (Å²) in [4.78, 5) is 24.3. The normalized spacial score (nSPS) is 13.5. The number of fused-ring (bicyclic) bond motifs is 1. The minimum Gasteiger partial charge on any atom is -0.478 e. The number of imidazole rings is 1. The van der Waals surface area contributed by atoms with Crippen molar-refractivity contribution in [3.8, 4) is 16.8 Å². The van der Waals surface area contributed by atoms with Crippen LogP contribution in [0.5, 0.6) is 0 Å². The highest BCUT2D eigenvalue weighted by Gasteiger charge is 2.22. The van der Waals surface area contributed by atoms with Crippen molar-refractivity contribution in [2.24, 2.45) is 4.99 Å². The number of carboxylic acid groups (broad SMARTS) is 1. The van der Waals surface area contributed by atoms with E-state index < -0.39 is 5.97 Å². The van der Waals surface area contributed by atoms with Crippen LogP contribution < -0.4 is 0 Å². The summed E-state index contributed by atoms with van der Waals surface area (Å²) >= 11 is 0. The van der Waals surface area contributed by atoms with Crippen molar-refractivity contribution in [1.29, 1.82) is 0 Å². The predicted molar refractivity (Wildman–Crippen MR) is 141 cm³/mol. The molecule has 1 aliphatic rings. The molecular weight excluding hydrogens is 436 g/mol. The molecule has 5 rings (SSSR count).